The number of ether oxygens (including phenoxy) is 1. The van der Waals surface area contributed by atoms with Crippen molar-refractivity contribution < 1.29 is 18.7 Å². The number of aryl methyl sites for hydroxylation is 2. The molecule has 6 nitrogen and oxygen atoms in total. The van der Waals surface area contributed by atoms with Gasteiger partial charge in [0, 0.05) is 12.7 Å². The average Bonchev–Trinajstić information content (AvgIpc) is 3.31. The van der Waals surface area contributed by atoms with Crippen molar-refractivity contribution >= 4 is 22.9 Å². The summed E-state index contributed by atoms with van der Waals surface area (Å²) in [5.74, 6) is 1.25. The summed E-state index contributed by atoms with van der Waals surface area (Å²) in [6, 6.07) is 17.9. The molecule has 1 N–H and O–H groups in total. The lowest BCUT2D eigenvalue weighted by molar-refractivity contribution is -0.118. The fourth-order valence-corrected chi connectivity index (χ4v) is 4.52. The molecule has 2 atom stereocenters. The highest BCUT2D eigenvalue weighted by atomic mass is 32.2. The van der Waals surface area contributed by atoms with Crippen molar-refractivity contribution in [1.82, 2.24) is 10.3 Å². The Labute approximate surface area is 185 Å². The molecule has 1 aliphatic heterocycles. The third-order valence-electron chi connectivity index (χ3n) is 5.38. The van der Waals surface area contributed by atoms with Gasteiger partial charge in [-0.15, -0.1) is 0 Å². The van der Waals surface area contributed by atoms with E-state index in [1.165, 1.54) is 0 Å². The molecule has 4 rings (SSSR count). The number of imide groups is 1. The smallest absolute Gasteiger partial charge is 0.286 e. The van der Waals surface area contributed by atoms with Crippen molar-refractivity contribution in [3.05, 3.63) is 77.2 Å². The van der Waals surface area contributed by atoms with Gasteiger partial charge < -0.3 is 9.15 Å². The number of carbonyl (C=O) groups excluding carboxylic acids is 2. The zero-order valence-electron chi connectivity index (χ0n) is 17.5. The molecule has 2 amide bonds. The first kappa shape index (κ1) is 21.3. The molecule has 1 aliphatic rings. The lowest BCUT2D eigenvalue weighted by atomic mass is 10.00. The van der Waals surface area contributed by atoms with E-state index in [1.54, 1.807) is 7.11 Å². The Kier molecular flexibility index (Phi) is 6.53. The molecular formula is C24H24N2O4S. The van der Waals surface area contributed by atoms with Gasteiger partial charge in [0.25, 0.3) is 5.24 Å². The van der Waals surface area contributed by atoms with Gasteiger partial charge in [-0.25, -0.2) is 4.98 Å². The molecule has 1 aromatic heterocycles. The molecule has 31 heavy (non-hydrogen) atoms. The summed E-state index contributed by atoms with van der Waals surface area (Å²) < 4.78 is 11.6. The quantitative estimate of drug-likeness (QED) is 0.543. The summed E-state index contributed by atoms with van der Waals surface area (Å²) in [4.78, 5) is 27.8. The van der Waals surface area contributed by atoms with Crippen LogP contribution in [0.15, 0.2) is 59.0 Å². The first-order chi connectivity index (χ1) is 15.0. The van der Waals surface area contributed by atoms with Crippen LogP contribution in [0.3, 0.4) is 0 Å². The summed E-state index contributed by atoms with van der Waals surface area (Å²) in [6.07, 6.45) is 1.97. The number of thioether (sulfide) groups is 1. The van der Waals surface area contributed by atoms with Crippen molar-refractivity contribution in [2.75, 3.05) is 7.11 Å². The number of nitrogens with one attached hydrogen (secondary N) is 1. The van der Waals surface area contributed by atoms with Gasteiger partial charge in [0.15, 0.2) is 0 Å². The number of aromatic nitrogens is 1. The highest BCUT2D eigenvalue weighted by Crippen LogP contribution is 2.28. The maximum Gasteiger partial charge on any atom is 0.286 e. The Bertz CT molecular complexity index is 1060. The molecule has 2 aromatic carbocycles. The highest BCUT2D eigenvalue weighted by molar-refractivity contribution is 8.15. The molecule has 0 saturated carbocycles. The highest BCUT2D eigenvalue weighted by Gasteiger charge is 2.31. The standard InChI is InChI=1S/C24H24N2O4S/c1-15-19(25-23(30-15)18-6-4-3-5-7-18)12-13-20(29-2)17-10-8-16(9-11-17)14-21-22(27)26-24(28)31-21/h3-11,20-21H,12-14H2,1-2H3,(H,26,27,28)/t20?,21-/m0/s1. The van der Waals surface area contributed by atoms with Crippen LogP contribution in [0.2, 0.25) is 0 Å². The van der Waals surface area contributed by atoms with Gasteiger partial charge >= 0.3 is 0 Å². The van der Waals surface area contributed by atoms with Crippen LogP contribution in [-0.2, 0) is 22.4 Å². The number of carbonyl (C=O) groups is 2. The molecule has 1 fully saturated rings. The summed E-state index contributed by atoms with van der Waals surface area (Å²) in [5, 5.41) is 1.70. The zero-order valence-corrected chi connectivity index (χ0v) is 18.3. The van der Waals surface area contributed by atoms with E-state index >= 15 is 0 Å². The van der Waals surface area contributed by atoms with Gasteiger partial charge in [-0.1, -0.05) is 54.2 Å². The molecule has 0 radical (unpaired) electrons. The first-order valence-electron chi connectivity index (χ1n) is 10.2. The monoisotopic (exact) mass is 436 g/mol. The molecule has 0 spiro atoms. The maximum absolute atomic E-state index is 11.8. The van der Waals surface area contributed by atoms with Crippen molar-refractivity contribution in [3.63, 3.8) is 0 Å². The summed E-state index contributed by atoms with van der Waals surface area (Å²) in [6.45, 7) is 1.94. The summed E-state index contributed by atoms with van der Waals surface area (Å²) in [7, 11) is 1.70. The third-order valence-corrected chi connectivity index (χ3v) is 6.36. The first-order valence-corrected chi connectivity index (χ1v) is 11.1. The van der Waals surface area contributed by atoms with Crippen LogP contribution >= 0.6 is 11.8 Å². The fraction of sp³-hybridized carbons (Fsp3) is 0.292. The zero-order chi connectivity index (χ0) is 21.8. The second-order valence-corrected chi connectivity index (χ2v) is 8.66. The van der Waals surface area contributed by atoms with E-state index in [0.717, 1.165) is 52.7 Å². The van der Waals surface area contributed by atoms with Crippen LogP contribution in [0.1, 0.15) is 35.1 Å². The van der Waals surface area contributed by atoms with E-state index in [-0.39, 0.29) is 22.5 Å². The van der Waals surface area contributed by atoms with Gasteiger partial charge in [-0.05, 0) is 49.4 Å². The van der Waals surface area contributed by atoms with Crippen LogP contribution in [0.4, 0.5) is 4.79 Å². The molecule has 1 unspecified atom stereocenters. The molecule has 0 bridgehead atoms. The van der Waals surface area contributed by atoms with Gasteiger partial charge in [-0.2, -0.15) is 0 Å². The van der Waals surface area contributed by atoms with Gasteiger partial charge in [0.1, 0.15) is 5.76 Å². The molecule has 0 aliphatic carbocycles. The Hall–Kier alpha value is -2.90. The Morgan fingerprint density at radius 1 is 1.13 bits per heavy atom. The van der Waals surface area contributed by atoms with Crippen LogP contribution in [0.5, 0.6) is 0 Å². The number of nitrogens with zero attached hydrogens (tertiary/aromatic N) is 1. The molecule has 1 saturated heterocycles. The average molecular weight is 437 g/mol. The molecular weight excluding hydrogens is 412 g/mol. The topological polar surface area (TPSA) is 81.4 Å². The third kappa shape index (κ3) is 5.06. The normalized spacial score (nSPS) is 17.0. The minimum Gasteiger partial charge on any atom is -0.441 e. The van der Waals surface area contributed by atoms with Crippen LogP contribution in [-0.4, -0.2) is 28.5 Å². The fourth-order valence-electron chi connectivity index (χ4n) is 3.66. The Balaban J connectivity index is 1.39. The van der Waals surface area contributed by atoms with Crippen LogP contribution in [0, 0.1) is 6.92 Å². The van der Waals surface area contributed by atoms with E-state index in [4.69, 9.17) is 9.15 Å². The second kappa shape index (κ2) is 9.49. The van der Waals surface area contributed by atoms with E-state index in [2.05, 4.69) is 10.3 Å². The molecule has 160 valence electrons. The van der Waals surface area contributed by atoms with Gasteiger partial charge in [0.2, 0.25) is 11.8 Å². The predicted octanol–water partition coefficient (Wildman–Crippen LogP) is 4.86. The van der Waals surface area contributed by atoms with Crippen molar-refractivity contribution in [3.8, 4) is 11.5 Å². The summed E-state index contributed by atoms with van der Waals surface area (Å²) >= 11 is 1.05. The van der Waals surface area contributed by atoms with E-state index in [9.17, 15) is 9.59 Å². The lowest BCUT2D eigenvalue weighted by Crippen LogP contribution is -2.25. The second-order valence-electron chi connectivity index (χ2n) is 7.48. The van der Waals surface area contributed by atoms with Crippen molar-refractivity contribution in [2.45, 2.75) is 37.5 Å². The number of rotatable bonds is 8. The van der Waals surface area contributed by atoms with Gasteiger partial charge in [-0.3, -0.25) is 14.9 Å². The minimum atomic E-state index is -0.356. The van der Waals surface area contributed by atoms with E-state index < -0.39 is 0 Å². The van der Waals surface area contributed by atoms with E-state index in [0.29, 0.717) is 12.3 Å². The molecule has 3 aromatic rings. The number of amides is 2. The Morgan fingerprint density at radius 2 is 1.87 bits per heavy atom. The maximum atomic E-state index is 11.8. The predicted molar refractivity (Wildman–Crippen MR) is 120 cm³/mol. The van der Waals surface area contributed by atoms with Gasteiger partial charge in [0.05, 0.1) is 17.0 Å². The summed E-state index contributed by atoms with van der Waals surface area (Å²) in [5.41, 5.74) is 3.98. The van der Waals surface area contributed by atoms with Crippen molar-refractivity contribution in [2.24, 2.45) is 0 Å². The SMILES string of the molecule is COC(CCc1nc(-c2ccccc2)oc1C)c1ccc(C[C@@H]2SC(=O)NC2=O)cc1. The molecule has 7 heteroatoms. The lowest BCUT2D eigenvalue weighted by Gasteiger charge is -2.16. The van der Waals surface area contributed by atoms with Crippen LogP contribution < -0.4 is 5.32 Å². The molecule has 2 heterocycles. The minimum absolute atomic E-state index is 0.0731. The van der Waals surface area contributed by atoms with E-state index in [1.807, 2.05) is 61.5 Å². The number of hydrogen-bond donors (Lipinski definition) is 1. The van der Waals surface area contributed by atoms with Crippen LogP contribution in [0.25, 0.3) is 11.5 Å². The number of oxazole rings is 1. The largest absolute Gasteiger partial charge is 0.441 e. The van der Waals surface area contributed by atoms with Crippen molar-refractivity contribution in [1.29, 1.82) is 0 Å². The number of hydrogen-bond acceptors (Lipinski definition) is 6. The Morgan fingerprint density at radius 3 is 2.52 bits per heavy atom. The number of benzene rings is 2. The number of methoxy groups -OCH3 is 1.